The summed E-state index contributed by atoms with van der Waals surface area (Å²) >= 11 is 6.11. The van der Waals surface area contributed by atoms with Crippen LogP contribution in [-0.4, -0.2) is 104 Å². The fourth-order valence-electron chi connectivity index (χ4n) is 5.46. The van der Waals surface area contributed by atoms with Crippen LogP contribution in [-0.2, 0) is 15.9 Å². The van der Waals surface area contributed by atoms with E-state index < -0.39 is 0 Å². The third-order valence-electron chi connectivity index (χ3n) is 7.29. The second-order valence-corrected chi connectivity index (χ2v) is 9.99. The first-order valence-corrected chi connectivity index (χ1v) is 12.6. The molecule has 0 bridgehead atoms. The maximum absolute atomic E-state index is 6.42. The molecular formula is C24H35ClN6O2. The van der Waals surface area contributed by atoms with Crippen molar-refractivity contribution in [3.8, 4) is 0 Å². The number of morpholine rings is 2. The minimum atomic E-state index is 0.245. The summed E-state index contributed by atoms with van der Waals surface area (Å²) in [7, 11) is 0. The van der Waals surface area contributed by atoms with Gasteiger partial charge in [-0.3, -0.25) is 9.80 Å². The van der Waals surface area contributed by atoms with Gasteiger partial charge >= 0.3 is 0 Å². The van der Waals surface area contributed by atoms with Crippen LogP contribution >= 0.6 is 11.6 Å². The number of halogens is 1. The molecule has 4 heterocycles. The van der Waals surface area contributed by atoms with Gasteiger partial charge in [0.05, 0.1) is 32.3 Å². The smallest absolute Gasteiger partial charge is 0.135 e. The van der Waals surface area contributed by atoms with E-state index in [9.17, 15) is 0 Å². The molecule has 4 aliphatic rings. The summed E-state index contributed by atoms with van der Waals surface area (Å²) < 4.78 is 11.9. The molecule has 0 aromatic heterocycles. The zero-order chi connectivity index (χ0) is 22.6. The Balaban J connectivity index is 1.23. The van der Waals surface area contributed by atoms with E-state index in [0.717, 1.165) is 89.2 Å². The molecule has 0 unspecified atom stereocenters. The largest absolute Gasteiger partial charge is 0.385 e. The number of hydrogen-bond donors (Lipinski definition) is 1. The average molecular weight is 475 g/mol. The average Bonchev–Trinajstić information content (AvgIpc) is 3.28. The Labute approximate surface area is 201 Å². The number of ether oxygens (including phenoxy) is 2. The highest BCUT2D eigenvalue weighted by Crippen LogP contribution is 2.26. The molecular weight excluding hydrogens is 440 g/mol. The van der Waals surface area contributed by atoms with E-state index in [1.165, 1.54) is 5.56 Å². The number of amidine groups is 2. The van der Waals surface area contributed by atoms with Crippen molar-refractivity contribution in [3.63, 3.8) is 0 Å². The zero-order valence-corrected chi connectivity index (χ0v) is 20.0. The minimum Gasteiger partial charge on any atom is -0.385 e. The summed E-state index contributed by atoms with van der Waals surface area (Å²) in [6, 6.07) is 9.19. The SMILES string of the molecule is NC1=NN=C(N2CCC(N3C[C@H](CN4CCOCC4)OC[C@@H]3Cc3ccc(Cl)cc3)CC2)C1. The van der Waals surface area contributed by atoms with Crippen LogP contribution in [0.15, 0.2) is 34.5 Å². The van der Waals surface area contributed by atoms with Gasteiger partial charge in [0.15, 0.2) is 0 Å². The van der Waals surface area contributed by atoms with Gasteiger partial charge in [-0.2, -0.15) is 0 Å². The molecule has 3 fully saturated rings. The Bertz CT molecular complexity index is 849. The van der Waals surface area contributed by atoms with Crippen molar-refractivity contribution in [2.75, 3.05) is 59.1 Å². The molecule has 1 aromatic carbocycles. The third-order valence-corrected chi connectivity index (χ3v) is 7.54. The molecule has 4 aliphatic heterocycles. The topological polar surface area (TPSA) is 78.9 Å². The van der Waals surface area contributed by atoms with Gasteiger partial charge in [0.25, 0.3) is 0 Å². The predicted octanol–water partition coefficient (Wildman–Crippen LogP) is 1.82. The van der Waals surface area contributed by atoms with Crippen LogP contribution in [0.25, 0.3) is 0 Å². The standard InChI is InChI=1S/C24H35ClN6O2/c25-19-3-1-18(2-4-19)13-21-17-33-22(15-29-9-11-32-12-10-29)16-31(21)20-5-7-30(8-6-20)24-14-23(26)27-28-24/h1-4,20-22H,5-17H2,(H2,26,27)/t21-,22-/m0/s1. The van der Waals surface area contributed by atoms with Crippen molar-refractivity contribution in [1.29, 1.82) is 0 Å². The first kappa shape index (κ1) is 23.1. The normalized spacial score (nSPS) is 28.1. The fraction of sp³-hybridized carbons (Fsp3) is 0.667. The van der Waals surface area contributed by atoms with E-state index in [-0.39, 0.29) is 6.10 Å². The summed E-state index contributed by atoms with van der Waals surface area (Å²) in [5.74, 6) is 1.64. The lowest BCUT2D eigenvalue weighted by Gasteiger charge is -2.47. The Morgan fingerprint density at radius 1 is 1.03 bits per heavy atom. The maximum atomic E-state index is 6.42. The maximum Gasteiger partial charge on any atom is 0.135 e. The molecule has 0 radical (unpaired) electrons. The van der Waals surface area contributed by atoms with E-state index in [4.69, 9.17) is 26.8 Å². The minimum absolute atomic E-state index is 0.245. The van der Waals surface area contributed by atoms with E-state index in [1.54, 1.807) is 0 Å². The van der Waals surface area contributed by atoms with Gasteiger partial charge in [-0.05, 0) is 37.0 Å². The molecule has 0 amide bonds. The lowest BCUT2D eigenvalue weighted by atomic mass is 9.96. The van der Waals surface area contributed by atoms with Crippen molar-refractivity contribution >= 4 is 23.3 Å². The summed E-state index contributed by atoms with van der Waals surface area (Å²) in [6.07, 6.45) is 4.16. The molecule has 1 aromatic rings. The number of benzene rings is 1. The highest BCUT2D eigenvalue weighted by molar-refractivity contribution is 6.30. The van der Waals surface area contributed by atoms with Crippen LogP contribution in [0.4, 0.5) is 0 Å². The van der Waals surface area contributed by atoms with Crippen molar-refractivity contribution in [2.24, 2.45) is 15.9 Å². The quantitative estimate of drug-likeness (QED) is 0.701. The number of piperidine rings is 1. The molecule has 5 rings (SSSR count). The van der Waals surface area contributed by atoms with Crippen LogP contribution in [0.5, 0.6) is 0 Å². The zero-order valence-electron chi connectivity index (χ0n) is 19.2. The molecule has 9 heteroatoms. The second kappa shape index (κ2) is 10.7. The van der Waals surface area contributed by atoms with Crippen molar-refractivity contribution in [2.45, 2.75) is 43.9 Å². The summed E-state index contributed by atoms with van der Waals surface area (Å²) in [5.41, 5.74) is 7.15. The van der Waals surface area contributed by atoms with E-state index >= 15 is 0 Å². The lowest BCUT2D eigenvalue weighted by molar-refractivity contribution is -0.0995. The summed E-state index contributed by atoms with van der Waals surface area (Å²) in [6.45, 7) is 8.40. The van der Waals surface area contributed by atoms with E-state index in [1.807, 2.05) is 12.1 Å². The van der Waals surface area contributed by atoms with Crippen molar-refractivity contribution in [1.82, 2.24) is 14.7 Å². The van der Waals surface area contributed by atoms with Gasteiger partial charge in [-0.1, -0.05) is 23.7 Å². The fourth-order valence-corrected chi connectivity index (χ4v) is 5.59. The third kappa shape index (κ3) is 5.87. The Hall–Kier alpha value is -1.71. The Morgan fingerprint density at radius 3 is 2.48 bits per heavy atom. The first-order chi connectivity index (χ1) is 16.1. The van der Waals surface area contributed by atoms with Gasteiger partial charge < -0.3 is 20.1 Å². The molecule has 0 aliphatic carbocycles. The monoisotopic (exact) mass is 474 g/mol. The molecule has 2 atom stereocenters. The number of likely N-dealkylation sites (tertiary alicyclic amines) is 1. The number of nitrogens with zero attached hydrogens (tertiary/aromatic N) is 5. The van der Waals surface area contributed by atoms with Gasteiger partial charge in [-0.25, -0.2) is 0 Å². The molecule has 8 nitrogen and oxygen atoms in total. The van der Waals surface area contributed by atoms with Crippen LogP contribution in [0, 0.1) is 0 Å². The van der Waals surface area contributed by atoms with Gasteiger partial charge in [0.2, 0.25) is 0 Å². The van der Waals surface area contributed by atoms with E-state index in [2.05, 4.69) is 37.0 Å². The van der Waals surface area contributed by atoms with Crippen molar-refractivity contribution in [3.05, 3.63) is 34.9 Å². The lowest BCUT2D eigenvalue weighted by Crippen LogP contribution is -2.59. The number of hydrogen-bond acceptors (Lipinski definition) is 8. The highest BCUT2D eigenvalue weighted by atomic mass is 35.5. The van der Waals surface area contributed by atoms with Crippen LogP contribution in [0.1, 0.15) is 24.8 Å². The molecule has 0 spiro atoms. The molecule has 2 N–H and O–H groups in total. The first-order valence-electron chi connectivity index (χ1n) is 12.2. The molecule has 180 valence electrons. The van der Waals surface area contributed by atoms with Gasteiger partial charge in [0.1, 0.15) is 11.7 Å². The Morgan fingerprint density at radius 2 is 1.79 bits per heavy atom. The van der Waals surface area contributed by atoms with Gasteiger partial charge in [0, 0.05) is 56.4 Å². The van der Waals surface area contributed by atoms with Crippen LogP contribution in [0.2, 0.25) is 5.02 Å². The molecule has 3 saturated heterocycles. The van der Waals surface area contributed by atoms with E-state index in [0.29, 0.717) is 24.3 Å². The predicted molar refractivity (Wildman–Crippen MR) is 131 cm³/mol. The second-order valence-electron chi connectivity index (χ2n) is 9.55. The van der Waals surface area contributed by atoms with Gasteiger partial charge in [-0.15, -0.1) is 10.2 Å². The number of rotatable bonds is 5. The Kier molecular flexibility index (Phi) is 7.47. The van der Waals surface area contributed by atoms with Crippen LogP contribution in [0.3, 0.4) is 0 Å². The molecule has 33 heavy (non-hydrogen) atoms. The molecule has 0 saturated carbocycles. The highest BCUT2D eigenvalue weighted by Gasteiger charge is 2.36. The summed E-state index contributed by atoms with van der Waals surface area (Å²) in [4.78, 5) is 7.58. The van der Waals surface area contributed by atoms with Crippen LogP contribution < -0.4 is 5.73 Å². The summed E-state index contributed by atoms with van der Waals surface area (Å²) in [5, 5.41) is 9.09. The number of nitrogens with two attached hydrogens (primary N) is 1. The van der Waals surface area contributed by atoms with Crippen molar-refractivity contribution < 1.29 is 9.47 Å².